The van der Waals surface area contributed by atoms with Gasteiger partial charge >= 0.3 is 0 Å². The number of aryl methyl sites for hydroxylation is 1. The van der Waals surface area contributed by atoms with Crippen molar-refractivity contribution >= 4 is 0 Å². The first-order chi connectivity index (χ1) is 10.1. The Labute approximate surface area is 122 Å². The molecule has 0 fully saturated rings. The summed E-state index contributed by atoms with van der Waals surface area (Å²) in [6.45, 7) is 1.52. The van der Waals surface area contributed by atoms with Gasteiger partial charge in [0.2, 0.25) is 0 Å². The fourth-order valence-electron chi connectivity index (χ4n) is 1.77. The topological polar surface area (TPSA) is 29.5 Å². The molecule has 0 amide bonds. The van der Waals surface area contributed by atoms with Gasteiger partial charge < -0.3 is 9.84 Å². The molecule has 0 saturated carbocycles. The van der Waals surface area contributed by atoms with E-state index in [0.29, 0.717) is 16.9 Å². The van der Waals surface area contributed by atoms with Gasteiger partial charge in [-0.1, -0.05) is 24.0 Å². The number of rotatable bonds is 3. The van der Waals surface area contributed by atoms with E-state index in [1.807, 2.05) is 0 Å². The third-order valence-corrected chi connectivity index (χ3v) is 2.90. The second-order valence-corrected chi connectivity index (χ2v) is 4.46. The van der Waals surface area contributed by atoms with E-state index in [4.69, 9.17) is 9.84 Å². The molecule has 21 heavy (non-hydrogen) atoms. The van der Waals surface area contributed by atoms with E-state index in [0.717, 1.165) is 5.56 Å². The van der Waals surface area contributed by atoms with Crippen LogP contribution in [0.1, 0.15) is 16.7 Å². The molecule has 0 radical (unpaired) electrons. The number of hydrogen-bond donors (Lipinski definition) is 1. The van der Waals surface area contributed by atoms with Crippen LogP contribution in [0.25, 0.3) is 0 Å². The predicted octanol–water partition coefficient (Wildman–Crippen LogP) is 3.20. The summed E-state index contributed by atoms with van der Waals surface area (Å²) in [5, 5.41) is 8.59. The van der Waals surface area contributed by atoms with Crippen molar-refractivity contribution in [2.24, 2.45) is 0 Å². The Hall–Kier alpha value is -2.38. The number of aliphatic hydroxyl groups is 1. The molecule has 0 bridgehead atoms. The molecule has 0 unspecified atom stereocenters. The quantitative estimate of drug-likeness (QED) is 0.879. The van der Waals surface area contributed by atoms with E-state index in [2.05, 4.69) is 11.8 Å². The molecule has 2 rings (SSSR count). The third-order valence-electron chi connectivity index (χ3n) is 2.90. The maximum atomic E-state index is 13.9. The smallest absolute Gasteiger partial charge is 0.131 e. The molecule has 0 atom stereocenters. The van der Waals surface area contributed by atoms with Crippen LogP contribution in [-0.2, 0) is 6.61 Å². The Kier molecular flexibility index (Phi) is 4.91. The number of aliphatic hydroxyl groups excluding tert-OH is 1. The van der Waals surface area contributed by atoms with E-state index in [1.165, 1.54) is 18.2 Å². The van der Waals surface area contributed by atoms with Crippen molar-refractivity contribution in [2.75, 3.05) is 6.61 Å². The largest absolute Gasteiger partial charge is 0.488 e. The number of benzene rings is 2. The summed E-state index contributed by atoms with van der Waals surface area (Å²) in [5.74, 6) is 4.61. The van der Waals surface area contributed by atoms with Gasteiger partial charge in [0.15, 0.2) is 0 Å². The minimum absolute atomic E-state index is 0.00380. The van der Waals surface area contributed by atoms with E-state index < -0.39 is 11.6 Å². The van der Waals surface area contributed by atoms with Crippen LogP contribution in [0.4, 0.5) is 8.78 Å². The molecule has 108 valence electrons. The summed E-state index contributed by atoms with van der Waals surface area (Å²) in [5.41, 5.74) is 1.61. The Balaban J connectivity index is 2.11. The standard InChI is InChI=1S/C17H14F2O2/c1-12-4-7-15(18)10-17(12)21-11-14-6-5-13(3-2-8-20)9-16(14)19/h4-7,9-10,20H,8,11H2,1H3. The van der Waals surface area contributed by atoms with E-state index in [1.54, 1.807) is 25.1 Å². The monoisotopic (exact) mass is 288 g/mol. The zero-order chi connectivity index (χ0) is 15.2. The van der Waals surface area contributed by atoms with Crippen LogP contribution in [-0.4, -0.2) is 11.7 Å². The summed E-state index contributed by atoms with van der Waals surface area (Å²) in [6.07, 6.45) is 0. The molecule has 0 aliphatic carbocycles. The molecule has 0 aromatic heterocycles. The van der Waals surface area contributed by atoms with Crippen molar-refractivity contribution in [1.82, 2.24) is 0 Å². The molecule has 0 saturated heterocycles. The van der Waals surface area contributed by atoms with Crippen molar-refractivity contribution in [3.63, 3.8) is 0 Å². The molecule has 1 N–H and O–H groups in total. The van der Waals surface area contributed by atoms with E-state index in [9.17, 15) is 8.78 Å². The van der Waals surface area contributed by atoms with Crippen LogP contribution in [0.15, 0.2) is 36.4 Å². The summed E-state index contributed by atoms with van der Waals surface area (Å²) >= 11 is 0. The fourth-order valence-corrected chi connectivity index (χ4v) is 1.77. The van der Waals surface area contributed by atoms with Gasteiger partial charge in [-0.2, -0.15) is 0 Å². The maximum absolute atomic E-state index is 13.9. The SMILES string of the molecule is Cc1ccc(F)cc1OCc1ccc(C#CCO)cc1F. The zero-order valence-corrected chi connectivity index (χ0v) is 11.5. The molecule has 0 aliphatic rings. The number of halogens is 2. The van der Waals surface area contributed by atoms with Crippen LogP contribution in [0.3, 0.4) is 0 Å². The average molecular weight is 288 g/mol. The Morgan fingerprint density at radius 3 is 2.67 bits per heavy atom. The Morgan fingerprint density at radius 1 is 1.14 bits per heavy atom. The van der Waals surface area contributed by atoms with Gasteiger partial charge in [-0.05, 0) is 30.7 Å². The molecule has 0 aliphatic heterocycles. The highest BCUT2D eigenvalue weighted by Gasteiger charge is 2.06. The Bertz CT molecular complexity index is 700. The normalized spacial score (nSPS) is 9.90. The fraction of sp³-hybridized carbons (Fsp3) is 0.176. The number of ether oxygens (including phenoxy) is 1. The first kappa shape index (κ1) is 15.0. The summed E-state index contributed by atoms with van der Waals surface area (Å²) in [6, 6.07) is 8.70. The van der Waals surface area contributed by atoms with Crippen LogP contribution < -0.4 is 4.74 Å². The van der Waals surface area contributed by atoms with Gasteiger partial charge in [-0.15, -0.1) is 0 Å². The lowest BCUT2D eigenvalue weighted by molar-refractivity contribution is 0.296. The van der Waals surface area contributed by atoms with Crippen LogP contribution >= 0.6 is 0 Å². The average Bonchev–Trinajstić information content (AvgIpc) is 2.47. The lowest BCUT2D eigenvalue weighted by atomic mass is 10.1. The van der Waals surface area contributed by atoms with Gasteiger partial charge in [0.05, 0.1) is 0 Å². The molecule has 0 heterocycles. The van der Waals surface area contributed by atoms with E-state index >= 15 is 0 Å². The zero-order valence-electron chi connectivity index (χ0n) is 11.5. The molecule has 0 spiro atoms. The summed E-state index contributed by atoms with van der Waals surface area (Å²) in [4.78, 5) is 0. The van der Waals surface area contributed by atoms with Crippen molar-refractivity contribution in [2.45, 2.75) is 13.5 Å². The Morgan fingerprint density at radius 2 is 1.95 bits per heavy atom. The van der Waals surface area contributed by atoms with Crippen LogP contribution in [0.5, 0.6) is 5.75 Å². The predicted molar refractivity (Wildman–Crippen MR) is 75.8 cm³/mol. The second kappa shape index (κ2) is 6.87. The minimum atomic E-state index is -0.450. The third kappa shape index (κ3) is 4.04. The number of hydrogen-bond acceptors (Lipinski definition) is 2. The van der Waals surface area contributed by atoms with Crippen molar-refractivity contribution in [1.29, 1.82) is 0 Å². The highest BCUT2D eigenvalue weighted by Crippen LogP contribution is 2.21. The van der Waals surface area contributed by atoms with Crippen molar-refractivity contribution in [3.8, 4) is 17.6 Å². The van der Waals surface area contributed by atoms with Crippen LogP contribution in [0, 0.1) is 30.4 Å². The van der Waals surface area contributed by atoms with Crippen molar-refractivity contribution < 1.29 is 18.6 Å². The molecule has 2 aromatic rings. The summed E-state index contributed by atoms with van der Waals surface area (Å²) < 4.78 is 32.5. The van der Waals surface area contributed by atoms with Crippen molar-refractivity contribution in [3.05, 3.63) is 64.7 Å². The van der Waals surface area contributed by atoms with Gasteiger partial charge in [-0.3, -0.25) is 0 Å². The lowest BCUT2D eigenvalue weighted by Crippen LogP contribution is -2.00. The highest BCUT2D eigenvalue weighted by atomic mass is 19.1. The first-order valence-corrected chi connectivity index (χ1v) is 6.37. The van der Waals surface area contributed by atoms with Gasteiger partial charge in [-0.25, -0.2) is 8.78 Å². The molecule has 2 aromatic carbocycles. The molecule has 4 heteroatoms. The van der Waals surface area contributed by atoms with Gasteiger partial charge in [0, 0.05) is 17.2 Å². The highest BCUT2D eigenvalue weighted by molar-refractivity contribution is 5.37. The van der Waals surface area contributed by atoms with E-state index in [-0.39, 0.29) is 13.2 Å². The van der Waals surface area contributed by atoms with Gasteiger partial charge in [0.25, 0.3) is 0 Å². The first-order valence-electron chi connectivity index (χ1n) is 6.37. The molecular formula is C17H14F2O2. The second-order valence-electron chi connectivity index (χ2n) is 4.46. The lowest BCUT2D eigenvalue weighted by Gasteiger charge is -2.10. The maximum Gasteiger partial charge on any atom is 0.131 e. The minimum Gasteiger partial charge on any atom is -0.488 e. The summed E-state index contributed by atoms with van der Waals surface area (Å²) in [7, 11) is 0. The molecular weight excluding hydrogens is 274 g/mol. The van der Waals surface area contributed by atoms with Gasteiger partial charge in [0.1, 0.15) is 30.6 Å². The van der Waals surface area contributed by atoms with Crippen LogP contribution in [0.2, 0.25) is 0 Å². The molecule has 2 nitrogen and oxygen atoms in total.